The van der Waals surface area contributed by atoms with Gasteiger partial charge in [-0.2, -0.15) is 0 Å². The van der Waals surface area contributed by atoms with E-state index in [4.69, 9.17) is 9.47 Å². The highest BCUT2D eigenvalue weighted by Crippen LogP contribution is 2.31. The van der Waals surface area contributed by atoms with Gasteiger partial charge in [0.15, 0.2) is 0 Å². The standard InChI is InChI=1S/C19H29NO4/c1-19(2,3)24-18(22)20-15(10-11-21)8-9-16(20)12-14-6-5-7-17(13-14)23-4/h5-7,13,15-16,21H,8-12H2,1-4H3/t15-,16+/m1/s1. The highest BCUT2D eigenvalue weighted by atomic mass is 16.6. The molecule has 5 nitrogen and oxygen atoms in total. The Morgan fingerprint density at radius 2 is 2.00 bits per heavy atom. The van der Waals surface area contributed by atoms with Crippen LogP contribution in [-0.4, -0.2) is 47.5 Å². The fourth-order valence-electron chi connectivity index (χ4n) is 3.28. The summed E-state index contributed by atoms with van der Waals surface area (Å²) in [4.78, 5) is 14.5. The minimum Gasteiger partial charge on any atom is -0.497 e. The van der Waals surface area contributed by atoms with Crippen molar-refractivity contribution in [3.05, 3.63) is 29.8 Å². The lowest BCUT2D eigenvalue weighted by Gasteiger charge is -2.32. The van der Waals surface area contributed by atoms with Gasteiger partial charge in [-0.15, -0.1) is 0 Å². The zero-order valence-electron chi connectivity index (χ0n) is 15.1. The third kappa shape index (κ3) is 4.87. The van der Waals surface area contributed by atoms with Gasteiger partial charge in [0.25, 0.3) is 0 Å². The van der Waals surface area contributed by atoms with Crippen molar-refractivity contribution in [1.29, 1.82) is 0 Å². The zero-order chi connectivity index (χ0) is 17.7. The summed E-state index contributed by atoms with van der Waals surface area (Å²) in [5.41, 5.74) is 0.613. The molecule has 1 aliphatic rings. The van der Waals surface area contributed by atoms with E-state index >= 15 is 0 Å². The number of aliphatic hydroxyl groups excluding tert-OH is 1. The third-order valence-corrected chi connectivity index (χ3v) is 4.29. The van der Waals surface area contributed by atoms with Crippen molar-refractivity contribution in [2.75, 3.05) is 13.7 Å². The second-order valence-corrected chi connectivity index (χ2v) is 7.34. The van der Waals surface area contributed by atoms with Crippen molar-refractivity contribution in [1.82, 2.24) is 4.90 Å². The van der Waals surface area contributed by atoms with Crippen LogP contribution in [0.1, 0.15) is 45.6 Å². The minimum atomic E-state index is -0.524. The van der Waals surface area contributed by atoms with Gasteiger partial charge < -0.3 is 19.5 Å². The van der Waals surface area contributed by atoms with Gasteiger partial charge in [-0.3, -0.25) is 0 Å². The Kier molecular flexibility index (Phi) is 6.10. The molecule has 1 aromatic rings. The van der Waals surface area contributed by atoms with Crippen LogP contribution in [0.3, 0.4) is 0 Å². The third-order valence-electron chi connectivity index (χ3n) is 4.29. The molecule has 0 saturated carbocycles. The normalized spacial score (nSPS) is 21.0. The molecule has 5 heteroatoms. The number of likely N-dealkylation sites (tertiary alicyclic amines) is 1. The molecule has 1 heterocycles. The molecule has 134 valence electrons. The first-order chi connectivity index (χ1) is 11.3. The van der Waals surface area contributed by atoms with E-state index in [0.717, 1.165) is 30.6 Å². The van der Waals surface area contributed by atoms with Crippen molar-refractivity contribution in [2.45, 2.75) is 64.1 Å². The monoisotopic (exact) mass is 335 g/mol. The van der Waals surface area contributed by atoms with Gasteiger partial charge in [-0.25, -0.2) is 4.79 Å². The van der Waals surface area contributed by atoms with E-state index in [-0.39, 0.29) is 24.8 Å². The molecule has 0 bridgehead atoms. The Labute approximate surface area is 144 Å². The van der Waals surface area contributed by atoms with Crippen molar-refractivity contribution in [3.8, 4) is 5.75 Å². The van der Waals surface area contributed by atoms with Gasteiger partial charge in [-0.1, -0.05) is 12.1 Å². The molecule has 0 radical (unpaired) electrons. The second kappa shape index (κ2) is 7.88. The SMILES string of the molecule is COc1cccc(C[C@@H]2CC[C@H](CCO)N2C(=O)OC(C)(C)C)c1. The summed E-state index contributed by atoms with van der Waals surface area (Å²) in [5.74, 6) is 0.821. The molecule has 1 aliphatic heterocycles. The topological polar surface area (TPSA) is 59.0 Å². The van der Waals surface area contributed by atoms with Crippen LogP contribution in [0.4, 0.5) is 4.79 Å². The number of benzene rings is 1. The quantitative estimate of drug-likeness (QED) is 0.896. The number of ether oxygens (including phenoxy) is 2. The van der Waals surface area contributed by atoms with E-state index in [0.29, 0.717) is 6.42 Å². The number of amides is 1. The number of aliphatic hydroxyl groups is 1. The first kappa shape index (κ1) is 18.6. The maximum atomic E-state index is 12.7. The lowest BCUT2D eigenvalue weighted by molar-refractivity contribution is 0.0127. The van der Waals surface area contributed by atoms with Gasteiger partial charge in [-0.05, 0) is 64.2 Å². The molecule has 24 heavy (non-hydrogen) atoms. The first-order valence-electron chi connectivity index (χ1n) is 8.59. The van der Waals surface area contributed by atoms with E-state index in [1.165, 1.54) is 0 Å². The molecule has 2 atom stereocenters. The Morgan fingerprint density at radius 3 is 2.62 bits per heavy atom. The molecule has 2 rings (SSSR count). The van der Waals surface area contributed by atoms with Crippen LogP contribution >= 0.6 is 0 Å². The number of hydrogen-bond acceptors (Lipinski definition) is 4. The summed E-state index contributed by atoms with van der Waals surface area (Å²) in [7, 11) is 1.65. The summed E-state index contributed by atoms with van der Waals surface area (Å²) < 4.78 is 10.9. The van der Waals surface area contributed by atoms with E-state index in [9.17, 15) is 9.90 Å². The molecule has 1 fully saturated rings. The number of carbonyl (C=O) groups is 1. The predicted octanol–water partition coefficient (Wildman–Crippen LogP) is 3.39. The Bertz CT molecular complexity index is 553. The fraction of sp³-hybridized carbons (Fsp3) is 0.632. The van der Waals surface area contributed by atoms with E-state index < -0.39 is 5.60 Å². The molecule has 1 aromatic carbocycles. The highest BCUT2D eigenvalue weighted by molar-refractivity contribution is 5.69. The van der Waals surface area contributed by atoms with E-state index in [1.807, 2.05) is 43.9 Å². The molecular weight excluding hydrogens is 306 g/mol. The Morgan fingerprint density at radius 1 is 1.29 bits per heavy atom. The van der Waals surface area contributed by atoms with E-state index in [1.54, 1.807) is 7.11 Å². The van der Waals surface area contributed by atoms with Crippen LogP contribution in [-0.2, 0) is 11.2 Å². The molecule has 0 aliphatic carbocycles. The van der Waals surface area contributed by atoms with Gasteiger partial charge >= 0.3 is 6.09 Å². The zero-order valence-corrected chi connectivity index (χ0v) is 15.1. The number of hydrogen-bond donors (Lipinski definition) is 1. The number of rotatable bonds is 5. The largest absolute Gasteiger partial charge is 0.497 e. The summed E-state index contributed by atoms with van der Waals surface area (Å²) in [5, 5.41) is 9.31. The predicted molar refractivity (Wildman–Crippen MR) is 93.3 cm³/mol. The van der Waals surface area contributed by atoms with Gasteiger partial charge in [0.05, 0.1) is 7.11 Å². The number of nitrogens with zero attached hydrogens (tertiary/aromatic N) is 1. The maximum Gasteiger partial charge on any atom is 0.410 e. The summed E-state index contributed by atoms with van der Waals surface area (Å²) in [6, 6.07) is 8.07. The fourth-order valence-corrected chi connectivity index (χ4v) is 3.28. The molecule has 1 N–H and O–H groups in total. The Balaban J connectivity index is 2.15. The summed E-state index contributed by atoms with van der Waals surface area (Å²) >= 11 is 0. The first-order valence-corrected chi connectivity index (χ1v) is 8.59. The highest BCUT2D eigenvalue weighted by Gasteiger charge is 2.38. The number of methoxy groups -OCH3 is 1. The lowest BCUT2D eigenvalue weighted by atomic mass is 10.0. The van der Waals surface area contributed by atoms with Crippen LogP contribution in [0.15, 0.2) is 24.3 Å². The average Bonchev–Trinajstić information content (AvgIpc) is 2.89. The van der Waals surface area contributed by atoms with Crippen LogP contribution in [0, 0.1) is 0 Å². The minimum absolute atomic E-state index is 0.0421. The molecule has 1 saturated heterocycles. The van der Waals surface area contributed by atoms with Crippen LogP contribution in [0.2, 0.25) is 0 Å². The Hall–Kier alpha value is -1.75. The smallest absolute Gasteiger partial charge is 0.410 e. The summed E-state index contributed by atoms with van der Waals surface area (Å²) in [6.07, 6.45) is 2.88. The van der Waals surface area contributed by atoms with Crippen molar-refractivity contribution < 1.29 is 19.4 Å². The van der Waals surface area contributed by atoms with E-state index in [2.05, 4.69) is 6.07 Å². The van der Waals surface area contributed by atoms with Crippen LogP contribution in [0.5, 0.6) is 5.75 Å². The summed E-state index contributed by atoms with van der Waals surface area (Å²) in [6.45, 7) is 5.70. The van der Waals surface area contributed by atoms with Crippen molar-refractivity contribution in [3.63, 3.8) is 0 Å². The van der Waals surface area contributed by atoms with Crippen LogP contribution < -0.4 is 4.74 Å². The van der Waals surface area contributed by atoms with Crippen molar-refractivity contribution in [2.24, 2.45) is 0 Å². The van der Waals surface area contributed by atoms with Crippen LogP contribution in [0.25, 0.3) is 0 Å². The lowest BCUT2D eigenvalue weighted by Crippen LogP contribution is -2.45. The second-order valence-electron chi connectivity index (χ2n) is 7.34. The number of carbonyl (C=O) groups excluding carboxylic acids is 1. The maximum absolute atomic E-state index is 12.7. The van der Waals surface area contributed by atoms with Gasteiger partial charge in [0, 0.05) is 18.7 Å². The molecular formula is C19H29NO4. The van der Waals surface area contributed by atoms with Gasteiger partial charge in [0.1, 0.15) is 11.4 Å². The molecule has 0 spiro atoms. The van der Waals surface area contributed by atoms with Crippen molar-refractivity contribution >= 4 is 6.09 Å². The van der Waals surface area contributed by atoms with Gasteiger partial charge in [0.2, 0.25) is 0 Å². The molecule has 1 amide bonds. The average molecular weight is 335 g/mol. The molecule has 0 unspecified atom stereocenters. The molecule has 0 aromatic heterocycles.